The molecule has 0 aliphatic carbocycles. The van der Waals surface area contributed by atoms with Crippen LogP contribution in [0.3, 0.4) is 0 Å². The molecule has 4 heteroatoms. The highest BCUT2D eigenvalue weighted by atomic mass is 79.9. The normalized spacial score (nSPS) is 10.6. The van der Waals surface area contributed by atoms with Gasteiger partial charge in [-0.25, -0.2) is 4.39 Å². The lowest BCUT2D eigenvalue weighted by molar-refractivity contribution is -0.120. The fourth-order valence-corrected chi connectivity index (χ4v) is 1.86. The molecule has 0 atom stereocenters. The van der Waals surface area contributed by atoms with Gasteiger partial charge in [0.05, 0.1) is 4.47 Å². The molecule has 1 rings (SSSR count). The van der Waals surface area contributed by atoms with Crippen molar-refractivity contribution in [2.45, 2.75) is 26.7 Å². The maximum absolute atomic E-state index is 13.0. The third-order valence-electron chi connectivity index (χ3n) is 2.54. The van der Waals surface area contributed by atoms with Crippen LogP contribution in [0.1, 0.15) is 26.7 Å². The summed E-state index contributed by atoms with van der Waals surface area (Å²) in [5.74, 6) is -0.326. The van der Waals surface area contributed by atoms with Gasteiger partial charge in [-0.05, 0) is 47.0 Å². The van der Waals surface area contributed by atoms with Gasteiger partial charge in [0.1, 0.15) is 5.82 Å². The molecule has 0 heterocycles. The lowest BCUT2D eigenvalue weighted by Gasteiger charge is -2.12. The number of rotatable bonds is 4. The predicted molar refractivity (Wildman–Crippen MR) is 66.8 cm³/mol. The lowest BCUT2D eigenvalue weighted by Crippen LogP contribution is -2.21. The topological polar surface area (TPSA) is 29.1 Å². The molecule has 0 saturated heterocycles. The summed E-state index contributed by atoms with van der Waals surface area (Å²) in [5, 5.41) is 2.78. The fraction of sp³-hybridized carbons (Fsp3) is 0.417. The van der Waals surface area contributed by atoms with E-state index in [0.717, 1.165) is 12.8 Å². The number of benzene rings is 1. The van der Waals surface area contributed by atoms with E-state index in [9.17, 15) is 9.18 Å². The summed E-state index contributed by atoms with van der Waals surface area (Å²) in [6.45, 7) is 3.96. The average Bonchev–Trinajstić information content (AvgIpc) is 2.25. The number of carbonyl (C=O) groups excluding carboxylic acids is 1. The largest absolute Gasteiger partial charge is 0.326 e. The highest BCUT2D eigenvalue weighted by Crippen LogP contribution is 2.21. The molecule has 1 aromatic carbocycles. The molecule has 0 aromatic heterocycles. The Morgan fingerprint density at radius 2 is 2.06 bits per heavy atom. The Morgan fingerprint density at radius 3 is 2.56 bits per heavy atom. The molecule has 1 N–H and O–H groups in total. The van der Waals surface area contributed by atoms with Crippen molar-refractivity contribution in [1.29, 1.82) is 0 Å². The van der Waals surface area contributed by atoms with Crippen LogP contribution in [0.15, 0.2) is 22.7 Å². The minimum atomic E-state index is -0.333. The first-order chi connectivity index (χ1) is 7.58. The maximum atomic E-state index is 13.0. The van der Waals surface area contributed by atoms with E-state index in [0.29, 0.717) is 10.2 Å². The van der Waals surface area contributed by atoms with Gasteiger partial charge in [0.15, 0.2) is 0 Å². The molecule has 0 spiro atoms. The first-order valence-electron chi connectivity index (χ1n) is 5.34. The summed E-state index contributed by atoms with van der Waals surface area (Å²) in [6.07, 6.45) is 1.62. The summed E-state index contributed by atoms with van der Waals surface area (Å²) >= 11 is 3.08. The van der Waals surface area contributed by atoms with Gasteiger partial charge >= 0.3 is 0 Å². The van der Waals surface area contributed by atoms with E-state index in [1.165, 1.54) is 6.07 Å². The monoisotopic (exact) mass is 287 g/mol. The summed E-state index contributed by atoms with van der Waals surface area (Å²) in [4.78, 5) is 11.8. The quantitative estimate of drug-likeness (QED) is 0.892. The Kier molecular flexibility index (Phi) is 4.93. The summed E-state index contributed by atoms with van der Waals surface area (Å²) < 4.78 is 13.3. The highest BCUT2D eigenvalue weighted by Gasteiger charge is 2.14. The molecule has 88 valence electrons. The lowest BCUT2D eigenvalue weighted by atomic mass is 10.0. The highest BCUT2D eigenvalue weighted by molar-refractivity contribution is 9.10. The fourth-order valence-electron chi connectivity index (χ4n) is 1.48. The summed E-state index contributed by atoms with van der Waals surface area (Å²) in [7, 11) is 0. The standard InChI is InChI=1S/C12H15BrFNO/c1-3-8(4-2)12(16)15-9-5-6-11(14)10(13)7-9/h5-8H,3-4H2,1-2H3,(H,15,16). The van der Waals surface area contributed by atoms with E-state index in [1.807, 2.05) is 13.8 Å². The molecule has 0 aliphatic rings. The van der Waals surface area contributed by atoms with E-state index < -0.39 is 0 Å². The zero-order chi connectivity index (χ0) is 12.1. The molecule has 0 aliphatic heterocycles. The third-order valence-corrected chi connectivity index (χ3v) is 3.15. The molecule has 2 nitrogen and oxygen atoms in total. The molecule has 1 aromatic rings. The first-order valence-corrected chi connectivity index (χ1v) is 6.13. The Labute approximate surface area is 103 Å². The second-order valence-corrected chi connectivity index (χ2v) is 4.49. The van der Waals surface area contributed by atoms with Crippen molar-refractivity contribution in [2.75, 3.05) is 5.32 Å². The molecule has 0 bridgehead atoms. The van der Waals surface area contributed by atoms with Gasteiger partial charge < -0.3 is 5.32 Å². The molecule has 0 saturated carbocycles. The number of hydrogen-bond donors (Lipinski definition) is 1. The van der Waals surface area contributed by atoms with Crippen molar-refractivity contribution in [1.82, 2.24) is 0 Å². The van der Waals surface area contributed by atoms with Crippen molar-refractivity contribution in [3.05, 3.63) is 28.5 Å². The van der Waals surface area contributed by atoms with E-state index in [2.05, 4.69) is 21.2 Å². The number of carbonyl (C=O) groups is 1. The van der Waals surface area contributed by atoms with E-state index in [1.54, 1.807) is 12.1 Å². The Balaban J connectivity index is 2.73. The predicted octanol–water partition coefficient (Wildman–Crippen LogP) is 3.96. The van der Waals surface area contributed by atoms with Gasteiger partial charge in [-0.15, -0.1) is 0 Å². The minimum Gasteiger partial charge on any atom is -0.326 e. The molecule has 0 radical (unpaired) electrons. The Bertz CT molecular complexity index is 377. The van der Waals surface area contributed by atoms with E-state index in [-0.39, 0.29) is 17.6 Å². The van der Waals surface area contributed by atoms with Crippen LogP contribution in [-0.4, -0.2) is 5.91 Å². The molecular weight excluding hydrogens is 273 g/mol. The Morgan fingerprint density at radius 1 is 1.44 bits per heavy atom. The third kappa shape index (κ3) is 3.30. The van der Waals surface area contributed by atoms with Crippen LogP contribution in [0.4, 0.5) is 10.1 Å². The second kappa shape index (κ2) is 5.99. The number of amides is 1. The van der Waals surface area contributed by atoms with Crippen LogP contribution in [-0.2, 0) is 4.79 Å². The zero-order valence-corrected chi connectivity index (χ0v) is 11.0. The van der Waals surface area contributed by atoms with Crippen molar-refractivity contribution < 1.29 is 9.18 Å². The van der Waals surface area contributed by atoms with Gasteiger partial charge in [-0.1, -0.05) is 13.8 Å². The van der Waals surface area contributed by atoms with Gasteiger partial charge in [0, 0.05) is 11.6 Å². The molecule has 0 unspecified atom stereocenters. The van der Waals surface area contributed by atoms with Gasteiger partial charge in [0.25, 0.3) is 0 Å². The van der Waals surface area contributed by atoms with Crippen LogP contribution in [0.2, 0.25) is 0 Å². The smallest absolute Gasteiger partial charge is 0.227 e. The molecule has 16 heavy (non-hydrogen) atoms. The van der Waals surface area contributed by atoms with Gasteiger partial charge in [0.2, 0.25) is 5.91 Å². The van der Waals surface area contributed by atoms with Crippen molar-refractivity contribution in [3.63, 3.8) is 0 Å². The van der Waals surface area contributed by atoms with Crippen LogP contribution in [0, 0.1) is 11.7 Å². The van der Waals surface area contributed by atoms with E-state index in [4.69, 9.17) is 0 Å². The number of anilines is 1. The van der Waals surface area contributed by atoms with Crippen molar-refractivity contribution in [3.8, 4) is 0 Å². The Hall–Kier alpha value is -0.900. The second-order valence-electron chi connectivity index (χ2n) is 3.63. The minimum absolute atomic E-state index is 0.0106. The van der Waals surface area contributed by atoms with Crippen molar-refractivity contribution in [2.24, 2.45) is 5.92 Å². The van der Waals surface area contributed by atoms with Crippen LogP contribution in [0.5, 0.6) is 0 Å². The van der Waals surface area contributed by atoms with Crippen molar-refractivity contribution >= 4 is 27.5 Å². The van der Waals surface area contributed by atoms with Gasteiger partial charge in [-0.3, -0.25) is 4.79 Å². The molecule has 1 amide bonds. The van der Waals surface area contributed by atoms with Crippen LogP contribution >= 0.6 is 15.9 Å². The number of hydrogen-bond acceptors (Lipinski definition) is 1. The molecule has 0 fully saturated rings. The average molecular weight is 288 g/mol. The SMILES string of the molecule is CCC(CC)C(=O)Nc1ccc(F)c(Br)c1. The molecular formula is C12H15BrFNO. The summed E-state index contributed by atoms with van der Waals surface area (Å²) in [6, 6.07) is 4.45. The van der Waals surface area contributed by atoms with Gasteiger partial charge in [-0.2, -0.15) is 0 Å². The number of nitrogens with one attached hydrogen (secondary N) is 1. The summed E-state index contributed by atoms with van der Waals surface area (Å²) in [5.41, 5.74) is 0.616. The maximum Gasteiger partial charge on any atom is 0.227 e. The van der Waals surface area contributed by atoms with Crippen LogP contribution in [0.25, 0.3) is 0 Å². The van der Waals surface area contributed by atoms with E-state index >= 15 is 0 Å². The first kappa shape index (κ1) is 13.2. The number of halogens is 2. The zero-order valence-electron chi connectivity index (χ0n) is 9.39. The van der Waals surface area contributed by atoms with Crippen LogP contribution < -0.4 is 5.32 Å².